The second kappa shape index (κ2) is 22.4. The number of aromatic nitrogens is 4. The van der Waals surface area contributed by atoms with E-state index in [1.807, 2.05) is 42.6 Å². The van der Waals surface area contributed by atoms with Crippen molar-refractivity contribution < 1.29 is 28.5 Å². The van der Waals surface area contributed by atoms with Crippen molar-refractivity contribution in [3.8, 4) is 11.1 Å². The largest absolute Gasteiger partial charge is 0.488 e. The second-order valence-corrected chi connectivity index (χ2v) is 18.5. The maximum absolute atomic E-state index is 11.3. The number of likely N-dealkylation sites (tertiary alicyclic amines) is 2. The molecule has 4 saturated heterocycles. The molecule has 18 heteroatoms. The first-order chi connectivity index (χ1) is 32.0. The Labute approximate surface area is 394 Å². The molecular formula is C48H60BBrN10O6. The van der Waals surface area contributed by atoms with Crippen molar-refractivity contribution in [2.24, 2.45) is 0 Å². The van der Waals surface area contributed by atoms with Crippen LogP contribution < -0.4 is 25.9 Å². The van der Waals surface area contributed by atoms with E-state index in [0.717, 1.165) is 77.9 Å². The highest BCUT2D eigenvalue weighted by Gasteiger charge is 2.29. The van der Waals surface area contributed by atoms with Gasteiger partial charge < -0.3 is 49.1 Å². The zero-order valence-electron chi connectivity index (χ0n) is 37.9. The molecule has 0 saturated carbocycles. The topological polar surface area (TPSA) is 189 Å². The van der Waals surface area contributed by atoms with Gasteiger partial charge in [-0.15, -0.1) is 0 Å². The number of fused-ring (bicyclic) bond motifs is 2. The number of hydrogen-bond donors (Lipinski definition) is 4. The number of nitrogens with zero attached hydrogens (tertiary/aromatic N) is 8. The molecular weight excluding hydrogens is 903 g/mol. The van der Waals surface area contributed by atoms with Gasteiger partial charge in [0.05, 0.1) is 0 Å². The Bertz CT molecular complexity index is 2550. The van der Waals surface area contributed by atoms with Crippen LogP contribution in [0, 0.1) is 0 Å². The molecule has 2 amide bonds. The predicted molar refractivity (Wildman–Crippen MR) is 263 cm³/mol. The van der Waals surface area contributed by atoms with Crippen LogP contribution >= 0.6 is 15.9 Å². The van der Waals surface area contributed by atoms with Crippen molar-refractivity contribution in [1.29, 1.82) is 0 Å². The maximum atomic E-state index is 11.3. The zero-order valence-corrected chi connectivity index (χ0v) is 39.5. The van der Waals surface area contributed by atoms with Gasteiger partial charge in [-0.05, 0) is 135 Å². The Balaban J connectivity index is 0.000000147. The molecule has 8 heterocycles. The van der Waals surface area contributed by atoms with Gasteiger partial charge in [0.25, 0.3) is 12.0 Å². The third-order valence-electron chi connectivity index (χ3n) is 12.7. The number of hydrogen-bond acceptors (Lipinski definition) is 14. The number of anilines is 4. The molecule has 0 atom stereocenters. The molecule has 6 aromatic rings. The minimum atomic E-state index is -1.51. The third kappa shape index (κ3) is 12.5. The molecule has 4 fully saturated rings. The smallest absolute Gasteiger partial charge is 0.423 e. The monoisotopic (exact) mass is 962 g/mol. The molecule has 0 bridgehead atoms. The summed E-state index contributed by atoms with van der Waals surface area (Å²) in [7, 11) is -1.51. The Morgan fingerprint density at radius 1 is 0.621 bits per heavy atom. The third-order valence-corrected chi connectivity index (χ3v) is 13.2. The number of benzene rings is 2. The van der Waals surface area contributed by atoms with Crippen LogP contribution in [0.2, 0.25) is 0 Å². The number of oxazole rings is 2. The SMILES string of the molecule is Brc1cnc2nc(N3CCC(N4CCCCC4)CC3)oc2c1.CC(=O)Nc1cccc(-c2cnc3nc(N4CCC(N5CCCCC5)CC4)oc3c2)c1.CC(=O)Nc1cccc(B(O)O)c1. The minimum Gasteiger partial charge on any atom is -0.423 e. The predicted octanol–water partition coefficient (Wildman–Crippen LogP) is 7.07. The van der Waals surface area contributed by atoms with Gasteiger partial charge >= 0.3 is 7.12 Å². The molecule has 4 aliphatic heterocycles. The van der Waals surface area contributed by atoms with E-state index in [1.54, 1.807) is 24.4 Å². The van der Waals surface area contributed by atoms with E-state index in [9.17, 15) is 9.59 Å². The fourth-order valence-electron chi connectivity index (χ4n) is 9.39. The molecule has 4 N–H and O–H groups in total. The Morgan fingerprint density at radius 2 is 1.11 bits per heavy atom. The van der Waals surface area contributed by atoms with E-state index in [1.165, 1.54) is 97.5 Å². The number of amides is 2. The average molecular weight is 964 g/mol. The van der Waals surface area contributed by atoms with Gasteiger partial charge in [-0.25, -0.2) is 9.97 Å². The number of nitrogens with one attached hydrogen (secondary N) is 2. The lowest BCUT2D eigenvalue weighted by Gasteiger charge is -2.39. The van der Waals surface area contributed by atoms with Gasteiger partial charge in [0, 0.05) is 92.0 Å². The summed E-state index contributed by atoms with van der Waals surface area (Å²) in [6.07, 6.45) is 16.5. The number of rotatable bonds is 8. The summed E-state index contributed by atoms with van der Waals surface area (Å²) in [4.78, 5) is 49.9. The highest BCUT2D eigenvalue weighted by atomic mass is 79.9. The first-order valence-electron chi connectivity index (χ1n) is 23.3. The van der Waals surface area contributed by atoms with E-state index in [4.69, 9.17) is 18.9 Å². The van der Waals surface area contributed by atoms with Crippen LogP contribution in [0.25, 0.3) is 33.6 Å². The first-order valence-corrected chi connectivity index (χ1v) is 24.1. The van der Waals surface area contributed by atoms with Crippen LogP contribution in [0.4, 0.5) is 23.4 Å². The molecule has 0 spiro atoms. The lowest BCUT2D eigenvalue weighted by molar-refractivity contribution is -0.115. The Hall–Kier alpha value is -5.40. The molecule has 2 aromatic carbocycles. The molecule has 0 radical (unpaired) electrons. The highest BCUT2D eigenvalue weighted by Crippen LogP contribution is 2.31. The Morgan fingerprint density at radius 3 is 1.62 bits per heavy atom. The molecule has 0 unspecified atom stereocenters. The Kier molecular flexibility index (Phi) is 16.0. The maximum Gasteiger partial charge on any atom is 0.488 e. The molecule has 4 aliphatic rings. The molecule has 4 aromatic heterocycles. The average Bonchev–Trinajstić information content (AvgIpc) is 3.97. The van der Waals surface area contributed by atoms with Crippen molar-refractivity contribution >= 4 is 86.2 Å². The molecule has 66 heavy (non-hydrogen) atoms. The first kappa shape index (κ1) is 47.1. The lowest BCUT2D eigenvalue weighted by Crippen LogP contribution is -2.46. The summed E-state index contributed by atoms with van der Waals surface area (Å²) < 4.78 is 12.9. The van der Waals surface area contributed by atoms with Gasteiger partial charge in [0.15, 0.2) is 11.2 Å². The molecule has 0 aliphatic carbocycles. The summed E-state index contributed by atoms with van der Waals surface area (Å²) >= 11 is 3.42. The van der Waals surface area contributed by atoms with Crippen LogP contribution in [0.15, 0.2) is 86.4 Å². The normalized spacial score (nSPS) is 17.7. The standard InChI is InChI=1S/C24H29N5O2.C16H21BrN4O.C8H10BNO3/c1-17(30)26-20-7-5-6-18(14-20)19-15-22-23(25-16-19)27-24(31-22)29-12-8-21(9-13-29)28-10-3-2-4-11-28;17-12-10-14-15(18-11-12)19-16(22-14)21-8-4-13(5-9-21)20-6-2-1-3-7-20;1-6(11)10-8-4-2-3-7(5-8)9(12)13/h5-7,14-16,21H,2-4,8-13H2,1H3,(H,26,30);10-11,13H,1-9H2;2-5,12-13H,1H3,(H,10,11). The van der Waals surface area contributed by atoms with Crippen molar-refractivity contribution in [3.05, 3.63) is 77.5 Å². The van der Waals surface area contributed by atoms with Gasteiger partial charge in [-0.3, -0.25) is 9.59 Å². The highest BCUT2D eigenvalue weighted by molar-refractivity contribution is 9.10. The van der Waals surface area contributed by atoms with Crippen molar-refractivity contribution in [1.82, 2.24) is 29.7 Å². The quantitative estimate of drug-likeness (QED) is 0.113. The van der Waals surface area contributed by atoms with Crippen LogP contribution in [0.5, 0.6) is 0 Å². The molecule has 10 rings (SSSR count). The number of halogens is 1. The van der Waals surface area contributed by atoms with E-state index >= 15 is 0 Å². The molecule has 16 nitrogen and oxygen atoms in total. The molecule has 348 valence electrons. The minimum absolute atomic E-state index is 0.0883. The second-order valence-electron chi connectivity index (χ2n) is 17.6. The number of piperidine rings is 4. The zero-order chi connectivity index (χ0) is 46.0. The summed E-state index contributed by atoms with van der Waals surface area (Å²) in [5.41, 5.74) is 6.35. The van der Waals surface area contributed by atoms with E-state index in [-0.39, 0.29) is 11.8 Å². The van der Waals surface area contributed by atoms with Crippen LogP contribution in [0.3, 0.4) is 0 Å². The van der Waals surface area contributed by atoms with Crippen LogP contribution in [-0.4, -0.2) is 123 Å². The fourth-order valence-corrected chi connectivity index (χ4v) is 9.70. The summed E-state index contributed by atoms with van der Waals surface area (Å²) in [5.74, 6) is -0.278. The van der Waals surface area contributed by atoms with Gasteiger partial charge in [-0.1, -0.05) is 37.1 Å². The number of carbonyl (C=O) groups is 2. The van der Waals surface area contributed by atoms with Crippen molar-refractivity contribution in [3.63, 3.8) is 0 Å². The van der Waals surface area contributed by atoms with E-state index in [2.05, 4.69) is 66.1 Å². The van der Waals surface area contributed by atoms with Crippen LogP contribution in [0.1, 0.15) is 78.1 Å². The van der Waals surface area contributed by atoms with Gasteiger partial charge in [-0.2, -0.15) is 9.97 Å². The number of pyridine rings is 2. The van der Waals surface area contributed by atoms with E-state index in [0.29, 0.717) is 40.1 Å². The van der Waals surface area contributed by atoms with Crippen LogP contribution in [-0.2, 0) is 9.59 Å². The van der Waals surface area contributed by atoms with E-state index < -0.39 is 7.12 Å². The van der Waals surface area contributed by atoms with Gasteiger partial charge in [0.1, 0.15) is 0 Å². The summed E-state index contributed by atoms with van der Waals surface area (Å²) in [6, 6.07) is 20.8. The van der Waals surface area contributed by atoms with Gasteiger partial charge in [0.2, 0.25) is 23.1 Å². The fraction of sp³-hybridized carbons (Fsp3) is 0.458. The van der Waals surface area contributed by atoms with Crippen molar-refractivity contribution in [2.45, 2.75) is 90.1 Å². The summed E-state index contributed by atoms with van der Waals surface area (Å²) in [5, 5.41) is 23.0. The summed E-state index contributed by atoms with van der Waals surface area (Å²) in [6.45, 7) is 12.0. The number of carbonyl (C=O) groups excluding carboxylic acids is 2. The lowest BCUT2D eigenvalue weighted by atomic mass is 9.80. The van der Waals surface area contributed by atoms with Crippen molar-refractivity contribution in [2.75, 3.05) is 72.8 Å².